The molecule has 386 valence electrons. The lowest BCUT2D eigenvalue weighted by Crippen LogP contribution is -2.44. The molecule has 0 radical (unpaired) electrons. The van der Waals surface area contributed by atoms with Crippen LogP contribution in [0.4, 0.5) is 27.5 Å². The second-order valence-electron chi connectivity index (χ2n) is 17.2. The monoisotopic (exact) mass is 1120 g/mol. The highest BCUT2D eigenvalue weighted by Gasteiger charge is 2.52. The van der Waals surface area contributed by atoms with Gasteiger partial charge in [-0.25, -0.2) is 19.4 Å². The quantitative estimate of drug-likeness (QED) is 0.0283. The predicted octanol–water partition coefficient (Wildman–Crippen LogP) is 14.2. The van der Waals surface area contributed by atoms with Crippen LogP contribution in [0, 0.1) is 13.1 Å². The molecule has 0 saturated carbocycles. The SMILES string of the molecule is C.C.Cl.[C-]#[N+]c1ccc(N2C(=O)C(C)(C)N(CCCOc3ccc(-c4ccncc4)cc3Cl)C2=S)cc1Cl.[C-]#[N+]c1ccc(N2C(=O)N(CCCOc3ccc(-c4cc[n+](O)cc4)cc3Cl)C(C)(C)C2=O)cc1Cl. The Kier molecular flexibility index (Phi) is 20.6. The number of nitrogens with zero attached hydrogens (tertiary/aromatic N) is 8. The van der Waals surface area contributed by atoms with Gasteiger partial charge in [0.2, 0.25) is 23.8 Å². The molecule has 2 saturated heterocycles. The lowest BCUT2D eigenvalue weighted by Gasteiger charge is -2.29. The fourth-order valence-corrected chi connectivity index (χ4v) is 9.30. The number of rotatable bonds is 14. The van der Waals surface area contributed by atoms with Crippen LogP contribution in [-0.2, 0) is 9.59 Å². The van der Waals surface area contributed by atoms with Crippen LogP contribution in [0.25, 0.3) is 31.9 Å². The maximum Gasteiger partial charge on any atom is 0.332 e. The van der Waals surface area contributed by atoms with Gasteiger partial charge in [0.15, 0.2) is 5.11 Å². The molecular formula is C54H54Cl5N8O6S+. The fourth-order valence-electron chi connectivity index (χ4n) is 7.89. The second kappa shape index (κ2) is 25.5. The Hall–Kier alpha value is -6.69. The largest absolute Gasteiger partial charge is 0.492 e. The average Bonchev–Trinajstić information content (AvgIpc) is 3.63. The minimum Gasteiger partial charge on any atom is -0.492 e. The third-order valence-corrected chi connectivity index (χ3v) is 13.5. The van der Waals surface area contributed by atoms with Gasteiger partial charge in [-0.15, -0.1) is 12.4 Å². The smallest absolute Gasteiger partial charge is 0.332 e. The summed E-state index contributed by atoms with van der Waals surface area (Å²) >= 11 is 30.8. The molecule has 0 spiro atoms. The number of benzene rings is 4. The number of hydrogen-bond acceptors (Lipinski definition) is 8. The minimum absolute atomic E-state index is 0. The molecule has 4 aromatic carbocycles. The third-order valence-electron chi connectivity index (χ3n) is 11.9. The van der Waals surface area contributed by atoms with E-state index in [1.54, 1.807) is 74.8 Å². The van der Waals surface area contributed by atoms with E-state index in [-0.39, 0.29) is 61.4 Å². The van der Waals surface area contributed by atoms with Crippen LogP contribution in [0.15, 0.2) is 122 Å². The van der Waals surface area contributed by atoms with Gasteiger partial charge in [-0.1, -0.05) is 85.5 Å². The summed E-state index contributed by atoms with van der Waals surface area (Å²) in [5, 5.41) is 11.2. The van der Waals surface area contributed by atoms with E-state index in [1.807, 2.05) is 55.1 Å². The van der Waals surface area contributed by atoms with Crippen LogP contribution < -0.4 is 24.0 Å². The fraction of sp³-hybridized carbons (Fsp3) is 0.259. The van der Waals surface area contributed by atoms with E-state index >= 15 is 0 Å². The molecule has 4 heterocycles. The molecule has 0 aliphatic carbocycles. The molecule has 2 aliphatic rings. The number of hydrogen-bond donors (Lipinski definition) is 1. The molecule has 74 heavy (non-hydrogen) atoms. The third kappa shape index (κ3) is 12.8. The van der Waals surface area contributed by atoms with Gasteiger partial charge < -0.3 is 19.3 Å². The molecule has 8 rings (SSSR count). The Morgan fingerprint density at radius 1 is 0.608 bits per heavy atom. The molecule has 2 aliphatic heterocycles. The molecule has 1 N–H and O–H groups in total. The van der Waals surface area contributed by atoms with Crippen molar-refractivity contribution in [2.75, 3.05) is 36.1 Å². The first-order valence-electron chi connectivity index (χ1n) is 22.0. The van der Waals surface area contributed by atoms with Crippen LogP contribution in [0.3, 0.4) is 0 Å². The highest BCUT2D eigenvalue weighted by Crippen LogP contribution is 2.39. The zero-order chi connectivity index (χ0) is 51.2. The van der Waals surface area contributed by atoms with Crippen molar-refractivity contribution in [1.29, 1.82) is 0 Å². The van der Waals surface area contributed by atoms with Crippen molar-refractivity contribution in [3.05, 3.63) is 165 Å². The molecule has 4 amide bonds. The molecule has 6 aromatic rings. The number of carbonyl (C=O) groups is 3. The van der Waals surface area contributed by atoms with Crippen molar-refractivity contribution in [1.82, 2.24) is 14.8 Å². The molecule has 20 heteroatoms. The topological polar surface area (TPSA) is 128 Å². The van der Waals surface area contributed by atoms with Crippen molar-refractivity contribution >= 4 is 117 Å². The highest BCUT2D eigenvalue weighted by atomic mass is 35.5. The lowest BCUT2D eigenvalue weighted by atomic mass is 10.0. The van der Waals surface area contributed by atoms with Crippen LogP contribution in [0.5, 0.6) is 11.5 Å². The first-order valence-corrected chi connectivity index (χ1v) is 23.9. The Balaban J connectivity index is 0.000000308. The molecule has 0 atom stereocenters. The van der Waals surface area contributed by atoms with Gasteiger partial charge in [-0.2, -0.15) is 0 Å². The van der Waals surface area contributed by atoms with E-state index < -0.39 is 17.1 Å². The maximum atomic E-state index is 13.2. The number of imide groups is 1. The van der Waals surface area contributed by atoms with Crippen LogP contribution >= 0.6 is 71.0 Å². The molecule has 2 fully saturated rings. The van der Waals surface area contributed by atoms with E-state index in [4.69, 9.17) is 81.2 Å². The van der Waals surface area contributed by atoms with E-state index in [0.717, 1.165) is 31.9 Å². The number of amides is 4. The van der Waals surface area contributed by atoms with Crippen molar-refractivity contribution in [3.8, 4) is 33.8 Å². The van der Waals surface area contributed by atoms with Crippen molar-refractivity contribution in [3.63, 3.8) is 0 Å². The number of ether oxygens (including phenoxy) is 2. The van der Waals surface area contributed by atoms with E-state index in [9.17, 15) is 19.6 Å². The Morgan fingerprint density at radius 3 is 1.50 bits per heavy atom. The second-order valence-corrected chi connectivity index (χ2v) is 19.2. The number of halogens is 5. The van der Waals surface area contributed by atoms with E-state index in [2.05, 4.69) is 14.7 Å². The summed E-state index contributed by atoms with van der Waals surface area (Å²) in [6.07, 6.45) is 7.63. The van der Waals surface area contributed by atoms with Crippen molar-refractivity contribution in [2.45, 2.75) is 66.5 Å². The van der Waals surface area contributed by atoms with Crippen LogP contribution in [-0.4, -0.2) is 80.3 Å². The normalized spacial score (nSPS) is 14.2. The van der Waals surface area contributed by atoms with Crippen LogP contribution in [0.1, 0.15) is 55.4 Å². The maximum absolute atomic E-state index is 13.2. The van der Waals surface area contributed by atoms with Gasteiger partial charge in [0.1, 0.15) is 22.6 Å². The van der Waals surface area contributed by atoms with Gasteiger partial charge in [0, 0.05) is 52.4 Å². The van der Waals surface area contributed by atoms with Gasteiger partial charge in [-0.05, 0) is 136 Å². The van der Waals surface area contributed by atoms with E-state index in [0.29, 0.717) is 76.3 Å². The van der Waals surface area contributed by atoms with Gasteiger partial charge in [0.05, 0.1) is 47.8 Å². The Labute approximate surface area is 463 Å². The van der Waals surface area contributed by atoms with Crippen molar-refractivity contribution < 1.29 is 33.8 Å². The zero-order valence-electron chi connectivity index (χ0n) is 39.2. The van der Waals surface area contributed by atoms with Crippen LogP contribution in [0.2, 0.25) is 20.1 Å². The number of thiocarbonyl (C=S) groups is 1. The lowest BCUT2D eigenvalue weighted by molar-refractivity contribution is -0.904. The first-order chi connectivity index (χ1) is 33.9. The minimum atomic E-state index is -1.05. The number of anilines is 2. The number of urea groups is 1. The van der Waals surface area contributed by atoms with Crippen molar-refractivity contribution in [2.24, 2.45) is 0 Å². The highest BCUT2D eigenvalue weighted by molar-refractivity contribution is 7.80. The number of pyridine rings is 2. The van der Waals surface area contributed by atoms with Gasteiger partial charge in [-0.3, -0.25) is 24.7 Å². The summed E-state index contributed by atoms with van der Waals surface area (Å²) in [4.78, 5) is 56.1. The summed E-state index contributed by atoms with van der Waals surface area (Å²) < 4.78 is 12.7. The molecule has 14 nitrogen and oxygen atoms in total. The summed E-state index contributed by atoms with van der Waals surface area (Å²) in [6, 6.07) is 27.4. The number of carbonyl (C=O) groups excluding carboxylic acids is 3. The summed E-state index contributed by atoms with van der Waals surface area (Å²) in [7, 11) is 0. The Bertz CT molecular complexity index is 3120. The van der Waals surface area contributed by atoms with Gasteiger partial charge >= 0.3 is 6.03 Å². The zero-order valence-corrected chi connectivity index (χ0v) is 43.8. The molecule has 2 aromatic heterocycles. The Morgan fingerprint density at radius 2 is 1.04 bits per heavy atom. The van der Waals surface area contributed by atoms with E-state index in [1.165, 1.54) is 34.3 Å². The number of aromatic nitrogens is 2. The summed E-state index contributed by atoms with van der Waals surface area (Å²) in [5.74, 6) is 0.587. The molecular weight excluding hydrogens is 1070 g/mol. The predicted molar refractivity (Wildman–Crippen MR) is 300 cm³/mol. The first kappa shape index (κ1) is 59.9. The standard InChI is InChI=1S/C26H23Cl2N4O4.C26H22Cl2N4O2S.2CH4.ClH/c1-26(2)24(33)32(19-6-7-22(29-3)20(27)16-19)25(34)31(26)11-4-14-36-23-8-5-18(15-21(23)28)17-9-12-30(35)13-10-17;1-26(2)24(33)32(19-6-7-22(29-3)20(27)16-19)25(35)31(26)13-4-14-34-23-8-5-18(15-21(23)28)17-9-11-30-12-10-17;;;/h5-10,12-13,15-16,35H,4,11,14H2,1-2H3;5-12,15-16H,4,13-14H2,1-2H3;2*1H4;1H/q+1;;;;. The summed E-state index contributed by atoms with van der Waals surface area (Å²) in [6.45, 7) is 22.9. The molecule has 0 bridgehead atoms. The molecule has 0 unspecified atom stereocenters. The average molecular weight is 1120 g/mol. The van der Waals surface area contributed by atoms with Gasteiger partial charge in [0.25, 0.3) is 11.8 Å². The summed E-state index contributed by atoms with van der Waals surface area (Å²) in [5.41, 5.74) is 3.35.